The van der Waals surface area contributed by atoms with E-state index in [1.807, 2.05) is 61.6 Å². The van der Waals surface area contributed by atoms with E-state index in [9.17, 15) is 5.11 Å². The van der Waals surface area contributed by atoms with Gasteiger partial charge < -0.3 is 9.84 Å². The van der Waals surface area contributed by atoms with Crippen molar-refractivity contribution in [2.45, 2.75) is 55.7 Å². The van der Waals surface area contributed by atoms with E-state index in [0.717, 1.165) is 17.1 Å². The molecule has 2 nitrogen and oxygen atoms in total. The summed E-state index contributed by atoms with van der Waals surface area (Å²) in [5.74, 6) is 1.85. The second kappa shape index (κ2) is 7.10. The summed E-state index contributed by atoms with van der Waals surface area (Å²) in [5, 5.41) is 12.1. The number of benzene rings is 1. The summed E-state index contributed by atoms with van der Waals surface area (Å²) < 4.78 is 5.71. The van der Waals surface area contributed by atoms with Gasteiger partial charge in [-0.2, -0.15) is 23.5 Å². The number of rotatable bonds is 4. The van der Waals surface area contributed by atoms with Crippen molar-refractivity contribution < 1.29 is 9.84 Å². The van der Waals surface area contributed by atoms with Crippen molar-refractivity contribution >= 4 is 23.5 Å². The molecule has 0 aromatic heterocycles. The van der Waals surface area contributed by atoms with E-state index in [4.69, 9.17) is 4.74 Å². The second-order valence-corrected chi connectivity index (χ2v) is 8.63. The van der Waals surface area contributed by atoms with Gasteiger partial charge in [0.15, 0.2) is 0 Å². The van der Waals surface area contributed by atoms with Gasteiger partial charge in [0, 0.05) is 21.5 Å². The van der Waals surface area contributed by atoms with E-state index >= 15 is 0 Å². The Bertz CT molecular complexity index is 436. The second-order valence-electron chi connectivity index (χ2n) is 5.60. The number of hydrogen-bond acceptors (Lipinski definition) is 4. The van der Waals surface area contributed by atoms with Crippen molar-refractivity contribution in [1.29, 1.82) is 0 Å². The highest BCUT2D eigenvalue weighted by Crippen LogP contribution is 2.41. The quantitative estimate of drug-likeness (QED) is 0.905. The zero-order valence-corrected chi connectivity index (χ0v) is 14.2. The molecule has 0 bridgehead atoms. The largest absolute Gasteiger partial charge is 0.491 e. The molecule has 1 aromatic carbocycles. The average Bonchev–Trinajstić information content (AvgIpc) is 2.40. The minimum Gasteiger partial charge on any atom is -0.491 e. The van der Waals surface area contributed by atoms with Crippen LogP contribution in [-0.4, -0.2) is 32.7 Å². The summed E-state index contributed by atoms with van der Waals surface area (Å²) in [6.45, 7) is 8.54. The van der Waals surface area contributed by atoms with Crippen LogP contribution in [0.15, 0.2) is 24.3 Å². The molecule has 1 fully saturated rings. The third-order valence-electron chi connectivity index (χ3n) is 3.50. The van der Waals surface area contributed by atoms with E-state index in [0.29, 0.717) is 10.5 Å². The maximum atomic E-state index is 10.6. The van der Waals surface area contributed by atoms with Crippen molar-refractivity contribution in [3.63, 3.8) is 0 Å². The molecule has 1 aliphatic heterocycles. The molecule has 112 valence electrons. The summed E-state index contributed by atoms with van der Waals surface area (Å²) in [4.78, 5) is 0. The van der Waals surface area contributed by atoms with E-state index in [1.165, 1.54) is 0 Å². The lowest BCUT2D eigenvalue weighted by Crippen LogP contribution is -2.30. The summed E-state index contributed by atoms with van der Waals surface area (Å²) in [7, 11) is 0. The van der Waals surface area contributed by atoms with Crippen molar-refractivity contribution in [2.24, 2.45) is 0 Å². The molecule has 4 unspecified atom stereocenters. The summed E-state index contributed by atoms with van der Waals surface area (Å²) >= 11 is 3.87. The third kappa shape index (κ3) is 4.09. The van der Waals surface area contributed by atoms with Gasteiger partial charge in [0.25, 0.3) is 0 Å². The monoisotopic (exact) mass is 312 g/mol. The normalized spacial score (nSPS) is 28.4. The summed E-state index contributed by atoms with van der Waals surface area (Å²) in [5.41, 5.74) is 0.961. The molecule has 1 aromatic rings. The first-order valence-electron chi connectivity index (χ1n) is 7.19. The van der Waals surface area contributed by atoms with Crippen LogP contribution in [0.3, 0.4) is 0 Å². The molecular formula is C16H24O2S2. The van der Waals surface area contributed by atoms with Gasteiger partial charge in [-0.1, -0.05) is 26.0 Å². The number of aliphatic hydroxyl groups is 1. The smallest absolute Gasteiger partial charge is 0.120 e. The van der Waals surface area contributed by atoms with E-state index in [-0.39, 0.29) is 11.4 Å². The first-order valence-corrected chi connectivity index (χ1v) is 9.18. The maximum absolute atomic E-state index is 10.6. The minimum absolute atomic E-state index is 0.155. The molecule has 0 spiro atoms. The molecule has 1 aliphatic rings. The first kappa shape index (κ1) is 16.1. The van der Waals surface area contributed by atoms with Gasteiger partial charge >= 0.3 is 0 Å². The molecule has 1 heterocycles. The lowest BCUT2D eigenvalue weighted by molar-refractivity contribution is 0.178. The number of aliphatic hydroxyl groups excluding tert-OH is 1. The van der Waals surface area contributed by atoms with Crippen LogP contribution in [0.2, 0.25) is 0 Å². The van der Waals surface area contributed by atoms with Crippen LogP contribution in [0.5, 0.6) is 5.75 Å². The highest BCUT2D eigenvalue weighted by Gasteiger charge is 2.31. The van der Waals surface area contributed by atoms with Gasteiger partial charge in [-0.3, -0.25) is 0 Å². The fourth-order valence-corrected chi connectivity index (χ4v) is 5.24. The number of hydrogen-bond donors (Lipinski definition) is 1. The molecule has 4 atom stereocenters. The van der Waals surface area contributed by atoms with Gasteiger partial charge in [-0.15, -0.1) is 0 Å². The van der Waals surface area contributed by atoms with Crippen molar-refractivity contribution in [1.82, 2.24) is 0 Å². The zero-order valence-electron chi connectivity index (χ0n) is 12.6. The zero-order chi connectivity index (χ0) is 14.7. The fourth-order valence-electron chi connectivity index (χ4n) is 2.23. The Labute approximate surface area is 130 Å². The lowest BCUT2D eigenvalue weighted by atomic mass is 10.1. The standard InChI is InChI=1S/C16H24O2S2/c1-10(2)18-14-7-5-6-13(8-14)16(17)15-9-19-11(3)12(4)20-15/h5-8,10-12,15-17H,9H2,1-4H3. The summed E-state index contributed by atoms with van der Waals surface area (Å²) in [6, 6.07) is 7.87. The molecule has 2 rings (SSSR count). The van der Waals surface area contributed by atoms with Crippen LogP contribution in [0, 0.1) is 0 Å². The summed E-state index contributed by atoms with van der Waals surface area (Å²) in [6.07, 6.45) is -0.263. The Morgan fingerprint density at radius 1 is 1.25 bits per heavy atom. The minimum atomic E-state index is -0.418. The Morgan fingerprint density at radius 3 is 2.65 bits per heavy atom. The van der Waals surface area contributed by atoms with Crippen LogP contribution in [-0.2, 0) is 0 Å². The van der Waals surface area contributed by atoms with E-state index < -0.39 is 6.10 Å². The van der Waals surface area contributed by atoms with Crippen LogP contribution >= 0.6 is 23.5 Å². The molecular weight excluding hydrogens is 288 g/mol. The Balaban J connectivity index is 2.07. The number of ether oxygens (including phenoxy) is 1. The highest BCUT2D eigenvalue weighted by atomic mass is 32.2. The molecule has 0 aliphatic carbocycles. The molecule has 20 heavy (non-hydrogen) atoms. The van der Waals surface area contributed by atoms with Gasteiger partial charge in [-0.25, -0.2) is 0 Å². The SMILES string of the molecule is CC(C)Oc1cccc(C(O)C2CSC(C)C(C)S2)c1. The highest BCUT2D eigenvalue weighted by molar-refractivity contribution is 8.07. The Morgan fingerprint density at radius 2 is 2.00 bits per heavy atom. The first-order chi connectivity index (χ1) is 9.47. The maximum Gasteiger partial charge on any atom is 0.120 e. The van der Waals surface area contributed by atoms with Crippen LogP contribution in [0.4, 0.5) is 0 Å². The third-order valence-corrected chi connectivity index (χ3v) is 6.98. The molecule has 1 saturated heterocycles. The predicted molar refractivity (Wildman–Crippen MR) is 89.9 cm³/mol. The average molecular weight is 312 g/mol. The molecule has 0 radical (unpaired) electrons. The van der Waals surface area contributed by atoms with E-state index in [2.05, 4.69) is 13.8 Å². The fraction of sp³-hybridized carbons (Fsp3) is 0.625. The lowest BCUT2D eigenvalue weighted by Gasteiger charge is -2.34. The molecule has 4 heteroatoms. The molecule has 0 amide bonds. The predicted octanol–water partition coefficient (Wildman–Crippen LogP) is 4.13. The van der Waals surface area contributed by atoms with Gasteiger partial charge in [-0.05, 0) is 31.5 Å². The van der Waals surface area contributed by atoms with Gasteiger partial charge in [0.1, 0.15) is 5.75 Å². The molecule has 1 N–H and O–H groups in total. The van der Waals surface area contributed by atoms with Crippen molar-refractivity contribution in [2.75, 3.05) is 5.75 Å². The van der Waals surface area contributed by atoms with Crippen LogP contribution in [0.25, 0.3) is 0 Å². The van der Waals surface area contributed by atoms with Gasteiger partial charge in [0.05, 0.1) is 12.2 Å². The topological polar surface area (TPSA) is 29.5 Å². The Hall–Kier alpha value is -0.320. The molecule has 0 saturated carbocycles. The van der Waals surface area contributed by atoms with E-state index in [1.54, 1.807) is 0 Å². The Kier molecular flexibility index (Phi) is 5.70. The number of thioether (sulfide) groups is 2. The van der Waals surface area contributed by atoms with Crippen molar-refractivity contribution in [3.05, 3.63) is 29.8 Å². The van der Waals surface area contributed by atoms with Crippen LogP contribution in [0.1, 0.15) is 39.4 Å². The van der Waals surface area contributed by atoms with Crippen LogP contribution < -0.4 is 4.74 Å². The van der Waals surface area contributed by atoms with Crippen molar-refractivity contribution in [3.8, 4) is 5.75 Å². The van der Waals surface area contributed by atoms with Gasteiger partial charge in [0.2, 0.25) is 0 Å².